The number of benzene rings is 1. The molecule has 112 valence electrons. The first-order valence-electron chi connectivity index (χ1n) is 7.35. The van der Waals surface area contributed by atoms with Crippen LogP contribution in [0.25, 0.3) is 0 Å². The highest BCUT2D eigenvalue weighted by molar-refractivity contribution is 5.61. The van der Waals surface area contributed by atoms with E-state index in [-0.39, 0.29) is 12.1 Å². The summed E-state index contributed by atoms with van der Waals surface area (Å²) in [5, 5.41) is 13.4. The molecule has 1 aliphatic rings. The quantitative estimate of drug-likeness (QED) is 0.886. The molecule has 0 aromatic heterocycles. The molecule has 0 saturated carbocycles. The summed E-state index contributed by atoms with van der Waals surface area (Å²) in [7, 11) is 3.66. The SMILES string of the molecule is CNC(C)c1c(OC)cccc1N1CCC(C)C(O)C1. The number of methoxy groups -OCH3 is 1. The highest BCUT2D eigenvalue weighted by Gasteiger charge is 2.27. The molecule has 3 atom stereocenters. The van der Waals surface area contributed by atoms with Crippen molar-refractivity contribution in [3.63, 3.8) is 0 Å². The number of β-amino-alcohol motifs (C(OH)–C–C–N with tert-alkyl or cyclic N) is 1. The predicted octanol–water partition coefficient (Wildman–Crippen LogP) is 2.18. The highest BCUT2D eigenvalue weighted by atomic mass is 16.5. The van der Waals surface area contributed by atoms with Crippen molar-refractivity contribution in [2.45, 2.75) is 32.4 Å². The third-order valence-electron chi connectivity index (χ3n) is 4.39. The number of nitrogens with zero attached hydrogens (tertiary/aromatic N) is 1. The van der Waals surface area contributed by atoms with Crippen LogP contribution in [0, 0.1) is 5.92 Å². The van der Waals surface area contributed by atoms with E-state index in [4.69, 9.17) is 4.74 Å². The fourth-order valence-corrected chi connectivity index (χ4v) is 2.83. The maximum Gasteiger partial charge on any atom is 0.125 e. The van der Waals surface area contributed by atoms with E-state index >= 15 is 0 Å². The topological polar surface area (TPSA) is 44.7 Å². The van der Waals surface area contributed by atoms with Crippen LogP contribution in [0.4, 0.5) is 5.69 Å². The Bertz CT molecular complexity index is 450. The van der Waals surface area contributed by atoms with Crippen LogP contribution in [0.3, 0.4) is 0 Å². The molecule has 3 unspecified atom stereocenters. The Morgan fingerprint density at radius 3 is 2.80 bits per heavy atom. The molecule has 2 rings (SSSR count). The first kappa shape index (κ1) is 15.1. The van der Waals surface area contributed by atoms with Gasteiger partial charge < -0.3 is 20.1 Å². The second kappa shape index (κ2) is 6.46. The zero-order valence-corrected chi connectivity index (χ0v) is 12.9. The lowest BCUT2D eigenvalue weighted by Gasteiger charge is -2.37. The van der Waals surface area contributed by atoms with Crippen LogP contribution < -0.4 is 15.0 Å². The zero-order valence-electron chi connectivity index (χ0n) is 12.9. The van der Waals surface area contributed by atoms with Crippen molar-refractivity contribution in [3.05, 3.63) is 23.8 Å². The third-order valence-corrected chi connectivity index (χ3v) is 4.39. The summed E-state index contributed by atoms with van der Waals surface area (Å²) < 4.78 is 5.52. The van der Waals surface area contributed by atoms with Crippen molar-refractivity contribution in [2.24, 2.45) is 5.92 Å². The van der Waals surface area contributed by atoms with Gasteiger partial charge in [-0.05, 0) is 38.4 Å². The van der Waals surface area contributed by atoms with E-state index < -0.39 is 0 Å². The van der Waals surface area contributed by atoms with Gasteiger partial charge in [-0.3, -0.25) is 0 Å². The molecule has 0 radical (unpaired) electrons. The highest BCUT2D eigenvalue weighted by Crippen LogP contribution is 2.36. The second-order valence-corrected chi connectivity index (χ2v) is 5.68. The molecule has 0 amide bonds. The van der Waals surface area contributed by atoms with Crippen LogP contribution in [0.5, 0.6) is 5.75 Å². The van der Waals surface area contributed by atoms with E-state index in [1.807, 2.05) is 19.2 Å². The Balaban J connectivity index is 2.35. The Morgan fingerprint density at radius 1 is 1.45 bits per heavy atom. The minimum absolute atomic E-state index is 0.206. The Hall–Kier alpha value is -1.26. The largest absolute Gasteiger partial charge is 0.496 e. The molecular weight excluding hydrogens is 252 g/mol. The van der Waals surface area contributed by atoms with Crippen molar-refractivity contribution in [2.75, 3.05) is 32.1 Å². The summed E-state index contributed by atoms with van der Waals surface area (Å²) in [4.78, 5) is 2.27. The van der Waals surface area contributed by atoms with Crippen molar-refractivity contribution in [1.82, 2.24) is 5.32 Å². The molecule has 0 bridgehead atoms. The normalized spacial score (nSPS) is 24.6. The second-order valence-electron chi connectivity index (χ2n) is 5.68. The molecule has 1 aromatic carbocycles. The molecule has 1 saturated heterocycles. The molecule has 0 spiro atoms. The number of hydrogen-bond acceptors (Lipinski definition) is 4. The lowest BCUT2D eigenvalue weighted by Crippen LogP contribution is -2.43. The number of nitrogens with one attached hydrogen (secondary N) is 1. The van der Waals surface area contributed by atoms with Crippen molar-refractivity contribution < 1.29 is 9.84 Å². The minimum Gasteiger partial charge on any atom is -0.496 e. The third kappa shape index (κ3) is 2.91. The lowest BCUT2D eigenvalue weighted by atomic mass is 9.94. The smallest absolute Gasteiger partial charge is 0.125 e. The van der Waals surface area contributed by atoms with Gasteiger partial charge in [0.2, 0.25) is 0 Å². The average molecular weight is 278 g/mol. The molecule has 2 N–H and O–H groups in total. The van der Waals surface area contributed by atoms with Crippen molar-refractivity contribution in [1.29, 1.82) is 0 Å². The lowest BCUT2D eigenvalue weighted by molar-refractivity contribution is 0.103. The summed E-state index contributed by atoms with van der Waals surface area (Å²) in [6.07, 6.45) is 0.763. The average Bonchev–Trinajstić information content (AvgIpc) is 2.48. The number of anilines is 1. The summed E-state index contributed by atoms with van der Waals surface area (Å²) >= 11 is 0. The van der Waals surface area contributed by atoms with Gasteiger partial charge in [-0.25, -0.2) is 0 Å². The molecule has 4 heteroatoms. The van der Waals surface area contributed by atoms with Crippen LogP contribution in [0.1, 0.15) is 31.9 Å². The first-order chi connectivity index (χ1) is 9.58. The van der Waals surface area contributed by atoms with Gasteiger partial charge in [0.1, 0.15) is 5.75 Å². The van der Waals surface area contributed by atoms with E-state index in [1.165, 1.54) is 5.56 Å². The van der Waals surface area contributed by atoms with Crippen LogP contribution in [0.2, 0.25) is 0 Å². The van der Waals surface area contributed by atoms with Crippen LogP contribution in [-0.4, -0.2) is 38.5 Å². The fraction of sp³-hybridized carbons (Fsp3) is 0.625. The number of hydrogen-bond donors (Lipinski definition) is 2. The van der Waals surface area contributed by atoms with Crippen LogP contribution in [-0.2, 0) is 0 Å². The van der Waals surface area contributed by atoms with E-state index in [2.05, 4.69) is 30.1 Å². The maximum absolute atomic E-state index is 10.1. The number of piperidine rings is 1. The summed E-state index contributed by atoms with van der Waals surface area (Å²) in [5.74, 6) is 1.28. The summed E-state index contributed by atoms with van der Waals surface area (Å²) in [6, 6.07) is 6.34. The van der Waals surface area contributed by atoms with E-state index in [1.54, 1.807) is 7.11 Å². The van der Waals surface area contributed by atoms with E-state index in [0.29, 0.717) is 12.5 Å². The molecular formula is C16H26N2O2. The van der Waals surface area contributed by atoms with Gasteiger partial charge in [-0.2, -0.15) is 0 Å². The van der Waals surface area contributed by atoms with Gasteiger partial charge >= 0.3 is 0 Å². The van der Waals surface area contributed by atoms with Gasteiger partial charge in [0, 0.05) is 30.4 Å². The number of aliphatic hydroxyl groups excluding tert-OH is 1. The van der Waals surface area contributed by atoms with Crippen LogP contribution >= 0.6 is 0 Å². The number of aliphatic hydroxyl groups is 1. The number of ether oxygens (including phenoxy) is 1. The summed E-state index contributed by atoms with van der Waals surface area (Å²) in [6.45, 7) is 5.92. The monoisotopic (exact) mass is 278 g/mol. The molecule has 4 nitrogen and oxygen atoms in total. The molecule has 0 aliphatic carbocycles. The van der Waals surface area contributed by atoms with E-state index in [0.717, 1.165) is 24.4 Å². The van der Waals surface area contributed by atoms with Gasteiger partial charge in [0.05, 0.1) is 13.2 Å². The maximum atomic E-state index is 10.1. The Kier molecular flexibility index (Phi) is 4.89. The van der Waals surface area contributed by atoms with Gasteiger partial charge in [-0.15, -0.1) is 0 Å². The summed E-state index contributed by atoms with van der Waals surface area (Å²) in [5.41, 5.74) is 2.33. The Morgan fingerprint density at radius 2 is 2.20 bits per heavy atom. The van der Waals surface area contributed by atoms with E-state index in [9.17, 15) is 5.11 Å². The molecule has 1 fully saturated rings. The molecule has 20 heavy (non-hydrogen) atoms. The van der Waals surface area contributed by atoms with Gasteiger partial charge in [0.15, 0.2) is 0 Å². The van der Waals surface area contributed by atoms with Gasteiger partial charge in [-0.1, -0.05) is 13.0 Å². The molecule has 1 aliphatic heterocycles. The molecule has 1 heterocycles. The van der Waals surface area contributed by atoms with Crippen molar-refractivity contribution in [3.8, 4) is 5.75 Å². The predicted molar refractivity (Wildman–Crippen MR) is 82.5 cm³/mol. The van der Waals surface area contributed by atoms with Gasteiger partial charge in [0.25, 0.3) is 0 Å². The Labute approximate surface area is 121 Å². The minimum atomic E-state index is -0.257. The number of rotatable bonds is 4. The molecule has 1 aromatic rings. The van der Waals surface area contributed by atoms with Crippen molar-refractivity contribution >= 4 is 5.69 Å². The van der Waals surface area contributed by atoms with Crippen LogP contribution in [0.15, 0.2) is 18.2 Å². The standard InChI is InChI=1S/C16H26N2O2/c1-11-8-9-18(10-14(11)19)13-6-5-7-15(20-4)16(13)12(2)17-3/h5-7,11-12,14,17,19H,8-10H2,1-4H3. The fourth-order valence-electron chi connectivity index (χ4n) is 2.83. The zero-order chi connectivity index (χ0) is 14.7. The first-order valence-corrected chi connectivity index (χ1v) is 7.35.